The molecule has 0 aliphatic carbocycles. The molecular formula is C11H11N3O3S3. The molecule has 0 aliphatic rings. The molecule has 6 nitrogen and oxygen atoms in total. The van der Waals surface area contributed by atoms with Gasteiger partial charge in [0.2, 0.25) is 0 Å². The lowest BCUT2D eigenvalue weighted by atomic mass is 10.1. The minimum atomic E-state index is -0.739. The van der Waals surface area contributed by atoms with Crippen LogP contribution in [0.2, 0.25) is 0 Å². The van der Waals surface area contributed by atoms with E-state index >= 15 is 0 Å². The highest BCUT2D eigenvalue weighted by molar-refractivity contribution is 8.03. The second kappa shape index (κ2) is 6.53. The van der Waals surface area contributed by atoms with E-state index in [1.807, 2.05) is 6.26 Å². The maximum absolute atomic E-state index is 11.1. The Kier molecular flexibility index (Phi) is 4.97. The van der Waals surface area contributed by atoms with Crippen molar-refractivity contribution >= 4 is 40.5 Å². The summed E-state index contributed by atoms with van der Waals surface area (Å²) in [6.07, 6.45) is 1.16. The summed E-state index contributed by atoms with van der Waals surface area (Å²) in [6, 6.07) is 4.70. The van der Waals surface area contributed by atoms with E-state index < -0.39 is 11.0 Å². The van der Waals surface area contributed by atoms with Crippen LogP contribution in [0.3, 0.4) is 0 Å². The molecule has 0 saturated carbocycles. The highest BCUT2D eigenvalue weighted by atomic mass is 32.2. The van der Waals surface area contributed by atoms with Crippen molar-refractivity contribution in [3.05, 3.63) is 33.9 Å². The zero-order chi connectivity index (χ0) is 14.7. The lowest BCUT2D eigenvalue weighted by molar-refractivity contribution is -0.387. The van der Waals surface area contributed by atoms with Crippen LogP contribution < -0.4 is 0 Å². The third-order valence-corrected chi connectivity index (χ3v) is 5.44. The van der Waals surface area contributed by atoms with Crippen molar-refractivity contribution in [3.63, 3.8) is 0 Å². The molecule has 0 radical (unpaired) electrons. The molecule has 1 aromatic carbocycles. The normalized spacial score (nSPS) is 12.3. The van der Waals surface area contributed by atoms with Gasteiger partial charge in [-0.25, -0.2) is 0 Å². The summed E-state index contributed by atoms with van der Waals surface area (Å²) in [5.41, 5.74) is 0.484. The van der Waals surface area contributed by atoms with Gasteiger partial charge in [-0.05, 0) is 24.8 Å². The zero-order valence-electron chi connectivity index (χ0n) is 10.6. The van der Waals surface area contributed by atoms with Gasteiger partial charge in [0, 0.05) is 6.07 Å². The second-order valence-corrected chi connectivity index (χ2v) is 7.12. The molecule has 2 aromatic rings. The van der Waals surface area contributed by atoms with Gasteiger partial charge in [-0.15, -0.1) is 10.2 Å². The summed E-state index contributed by atoms with van der Waals surface area (Å²) in [5, 5.41) is 28.5. The fraction of sp³-hybridized carbons (Fsp3) is 0.273. The van der Waals surface area contributed by atoms with Crippen LogP contribution in [-0.2, 0) is 0 Å². The van der Waals surface area contributed by atoms with Crippen LogP contribution in [0.5, 0.6) is 0 Å². The van der Waals surface area contributed by atoms with Gasteiger partial charge in [0.25, 0.3) is 5.69 Å². The topological polar surface area (TPSA) is 89.2 Å². The number of rotatable bonds is 5. The van der Waals surface area contributed by atoms with Gasteiger partial charge < -0.3 is 5.11 Å². The number of hydrogen-bond donors (Lipinski definition) is 1. The molecule has 106 valence electrons. The molecule has 20 heavy (non-hydrogen) atoms. The first-order chi connectivity index (χ1) is 9.51. The number of hydrogen-bond acceptors (Lipinski definition) is 8. The van der Waals surface area contributed by atoms with Crippen LogP contribution in [0.15, 0.2) is 31.8 Å². The van der Waals surface area contributed by atoms with Crippen molar-refractivity contribution in [2.24, 2.45) is 0 Å². The standard InChI is InChI=1S/C11H11N3O3S3/c1-6(15)7-3-4-9(8(5-7)14(16)17)19-11-13-12-10(18-2)20-11/h3-6,15H,1-2H3/t6-/m0/s1. The van der Waals surface area contributed by atoms with E-state index in [0.717, 1.165) is 4.34 Å². The third kappa shape index (κ3) is 3.48. The van der Waals surface area contributed by atoms with Crippen LogP contribution in [0.1, 0.15) is 18.6 Å². The molecule has 1 N–H and O–H groups in total. The molecule has 0 fully saturated rings. The Morgan fingerprint density at radius 1 is 1.40 bits per heavy atom. The third-order valence-electron chi connectivity index (χ3n) is 2.42. The monoisotopic (exact) mass is 329 g/mol. The van der Waals surface area contributed by atoms with Crippen LogP contribution in [0.25, 0.3) is 0 Å². The molecule has 0 bridgehead atoms. The minimum Gasteiger partial charge on any atom is -0.389 e. The average Bonchev–Trinajstić information content (AvgIpc) is 2.86. The predicted molar refractivity (Wildman–Crippen MR) is 79.5 cm³/mol. The van der Waals surface area contributed by atoms with Crippen LogP contribution in [0.4, 0.5) is 5.69 Å². The summed E-state index contributed by atoms with van der Waals surface area (Å²) in [5.74, 6) is 0. The second-order valence-electron chi connectivity index (χ2n) is 3.80. The van der Waals surface area contributed by atoms with Crippen molar-refractivity contribution in [1.29, 1.82) is 0 Å². The van der Waals surface area contributed by atoms with E-state index in [1.54, 1.807) is 19.1 Å². The van der Waals surface area contributed by atoms with Crippen molar-refractivity contribution in [2.75, 3.05) is 6.26 Å². The quantitative estimate of drug-likeness (QED) is 0.511. The van der Waals surface area contributed by atoms with Gasteiger partial charge in [-0.2, -0.15) is 0 Å². The molecule has 0 unspecified atom stereocenters. The fourth-order valence-corrected chi connectivity index (χ4v) is 3.92. The van der Waals surface area contributed by atoms with E-state index in [2.05, 4.69) is 10.2 Å². The predicted octanol–water partition coefficient (Wildman–Crippen LogP) is 3.37. The average molecular weight is 329 g/mol. The lowest BCUT2D eigenvalue weighted by Gasteiger charge is -2.06. The Bertz CT molecular complexity index is 630. The number of thioether (sulfide) groups is 1. The smallest absolute Gasteiger partial charge is 0.283 e. The van der Waals surface area contributed by atoms with E-state index in [-0.39, 0.29) is 5.69 Å². The summed E-state index contributed by atoms with van der Waals surface area (Å²) < 4.78 is 1.47. The van der Waals surface area contributed by atoms with Gasteiger partial charge in [-0.3, -0.25) is 10.1 Å². The van der Waals surface area contributed by atoms with Gasteiger partial charge in [0.05, 0.1) is 15.9 Å². The molecule has 1 atom stereocenters. The number of aliphatic hydroxyl groups is 1. The highest BCUT2D eigenvalue weighted by Crippen LogP contribution is 2.38. The Morgan fingerprint density at radius 2 is 2.10 bits per heavy atom. The van der Waals surface area contributed by atoms with Gasteiger partial charge in [-0.1, -0.05) is 40.9 Å². The number of nitrogens with zero attached hydrogens (tertiary/aromatic N) is 3. The number of aliphatic hydroxyl groups excluding tert-OH is 1. The summed E-state index contributed by atoms with van der Waals surface area (Å²) in [6.45, 7) is 1.57. The maximum Gasteiger partial charge on any atom is 0.283 e. The van der Waals surface area contributed by atoms with Gasteiger partial charge in [0.15, 0.2) is 8.68 Å². The van der Waals surface area contributed by atoms with Crippen LogP contribution in [-0.4, -0.2) is 26.5 Å². The van der Waals surface area contributed by atoms with Crippen molar-refractivity contribution < 1.29 is 10.0 Å². The van der Waals surface area contributed by atoms with E-state index in [0.29, 0.717) is 14.8 Å². The van der Waals surface area contributed by atoms with Crippen molar-refractivity contribution in [2.45, 2.75) is 26.6 Å². The number of benzene rings is 1. The highest BCUT2D eigenvalue weighted by Gasteiger charge is 2.18. The molecule has 1 heterocycles. The largest absolute Gasteiger partial charge is 0.389 e. The number of aromatic nitrogens is 2. The summed E-state index contributed by atoms with van der Waals surface area (Å²) >= 11 is 4.08. The first kappa shape index (κ1) is 15.2. The Balaban J connectivity index is 2.33. The Hall–Kier alpha value is -1.16. The van der Waals surface area contributed by atoms with E-state index in [9.17, 15) is 15.2 Å². The molecule has 0 saturated heterocycles. The first-order valence-electron chi connectivity index (χ1n) is 5.53. The van der Waals surface area contributed by atoms with Gasteiger partial charge >= 0.3 is 0 Å². The van der Waals surface area contributed by atoms with Crippen LogP contribution >= 0.6 is 34.9 Å². The molecule has 1 aromatic heterocycles. The van der Waals surface area contributed by atoms with Crippen LogP contribution in [0, 0.1) is 10.1 Å². The summed E-state index contributed by atoms with van der Waals surface area (Å²) in [4.78, 5) is 11.2. The fourth-order valence-electron chi connectivity index (χ4n) is 1.44. The maximum atomic E-state index is 11.1. The van der Waals surface area contributed by atoms with E-state index in [1.165, 1.54) is 40.9 Å². The Morgan fingerprint density at radius 3 is 2.65 bits per heavy atom. The molecule has 0 spiro atoms. The lowest BCUT2D eigenvalue weighted by Crippen LogP contribution is -1.96. The minimum absolute atomic E-state index is 0.0331. The molecule has 0 aliphatic heterocycles. The number of nitro benzene ring substituents is 1. The molecule has 0 amide bonds. The summed E-state index contributed by atoms with van der Waals surface area (Å²) in [7, 11) is 0. The Labute approximate surface area is 127 Å². The molecular weight excluding hydrogens is 318 g/mol. The first-order valence-corrected chi connectivity index (χ1v) is 8.38. The van der Waals surface area contributed by atoms with E-state index in [4.69, 9.17) is 0 Å². The SMILES string of the molecule is CSc1nnc(Sc2ccc([C@H](C)O)cc2[N+](=O)[O-])s1. The zero-order valence-corrected chi connectivity index (χ0v) is 13.1. The van der Waals surface area contributed by atoms with Gasteiger partial charge in [0.1, 0.15) is 0 Å². The van der Waals surface area contributed by atoms with Crippen molar-refractivity contribution in [1.82, 2.24) is 10.2 Å². The molecule has 9 heteroatoms. The van der Waals surface area contributed by atoms with Crippen molar-refractivity contribution in [3.8, 4) is 0 Å². The molecule has 2 rings (SSSR count). The number of nitro groups is 1.